The number of nitro benzene ring substituents is 1. The molecule has 0 aromatic heterocycles. The van der Waals surface area contributed by atoms with Crippen LogP contribution in [0.5, 0.6) is 0 Å². The van der Waals surface area contributed by atoms with Crippen molar-refractivity contribution in [3.8, 4) is 0 Å². The Hall–Kier alpha value is -0.804. The SMILES string of the molecule is COC(=O)C([O-])=Cc1ccc(F)cc1[N+](=O)[O-].[K+]. The second-order valence-corrected chi connectivity index (χ2v) is 2.96. The van der Waals surface area contributed by atoms with E-state index >= 15 is 0 Å². The van der Waals surface area contributed by atoms with Gasteiger partial charge < -0.3 is 9.84 Å². The van der Waals surface area contributed by atoms with Gasteiger partial charge in [0.15, 0.2) is 0 Å². The van der Waals surface area contributed by atoms with E-state index in [1.165, 1.54) is 0 Å². The van der Waals surface area contributed by atoms with Crippen molar-refractivity contribution >= 4 is 17.7 Å². The van der Waals surface area contributed by atoms with E-state index in [1.54, 1.807) is 0 Å². The van der Waals surface area contributed by atoms with Gasteiger partial charge in [0.05, 0.1) is 23.7 Å². The summed E-state index contributed by atoms with van der Waals surface area (Å²) in [6.45, 7) is 0. The minimum absolute atomic E-state index is 0. The van der Waals surface area contributed by atoms with E-state index in [0.29, 0.717) is 6.07 Å². The van der Waals surface area contributed by atoms with Gasteiger partial charge in [-0.15, -0.1) is 0 Å². The molecule has 0 aliphatic carbocycles. The van der Waals surface area contributed by atoms with Gasteiger partial charge in [-0.1, -0.05) is 0 Å². The van der Waals surface area contributed by atoms with E-state index in [2.05, 4.69) is 4.74 Å². The van der Waals surface area contributed by atoms with Gasteiger partial charge in [-0.3, -0.25) is 10.1 Å². The van der Waals surface area contributed by atoms with Crippen LogP contribution < -0.4 is 56.5 Å². The molecular weight excluding hydrogens is 272 g/mol. The van der Waals surface area contributed by atoms with Crippen molar-refractivity contribution < 1.29 is 75.3 Å². The second-order valence-electron chi connectivity index (χ2n) is 2.96. The quantitative estimate of drug-likeness (QED) is 0.154. The first kappa shape index (κ1) is 17.2. The van der Waals surface area contributed by atoms with E-state index in [4.69, 9.17) is 0 Å². The van der Waals surface area contributed by atoms with Crippen molar-refractivity contribution in [1.29, 1.82) is 0 Å². The Morgan fingerprint density at radius 1 is 1.50 bits per heavy atom. The predicted octanol–water partition coefficient (Wildman–Crippen LogP) is -2.39. The summed E-state index contributed by atoms with van der Waals surface area (Å²) in [6, 6.07) is 2.65. The predicted molar refractivity (Wildman–Crippen MR) is 53.0 cm³/mol. The van der Waals surface area contributed by atoms with Crippen LogP contribution in [0.25, 0.3) is 6.08 Å². The van der Waals surface area contributed by atoms with Crippen LogP contribution in [-0.2, 0) is 9.53 Å². The fourth-order valence-electron chi connectivity index (χ4n) is 1.10. The standard InChI is InChI=1S/C10H8FNO5.K/c1-17-10(14)9(13)4-6-2-3-7(11)5-8(6)12(15)16;/h2-5,13H,1H3;/q;+1/p-1. The molecule has 0 N–H and O–H groups in total. The van der Waals surface area contributed by atoms with Crippen molar-refractivity contribution in [3.05, 3.63) is 45.5 Å². The molecule has 0 spiro atoms. The number of nitro groups is 1. The molecule has 0 fully saturated rings. The van der Waals surface area contributed by atoms with Crippen molar-refractivity contribution in [2.45, 2.75) is 0 Å². The van der Waals surface area contributed by atoms with Crippen molar-refractivity contribution in [2.24, 2.45) is 0 Å². The first-order valence-electron chi connectivity index (χ1n) is 4.36. The summed E-state index contributed by atoms with van der Waals surface area (Å²) in [5, 5.41) is 21.7. The molecule has 0 bridgehead atoms. The molecular formula is C10H7FKNO5. The van der Waals surface area contributed by atoms with Crippen LogP contribution in [-0.4, -0.2) is 18.0 Å². The molecule has 8 heteroatoms. The minimum Gasteiger partial charge on any atom is -0.868 e. The molecule has 0 saturated carbocycles. The fraction of sp³-hybridized carbons (Fsp3) is 0.100. The molecule has 0 radical (unpaired) electrons. The van der Waals surface area contributed by atoms with Gasteiger partial charge in [-0.05, 0) is 24.0 Å². The zero-order valence-corrected chi connectivity index (χ0v) is 12.8. The van der Waals surface area contributed by atoms with Gasteiger partial charge in [0, 0.05) is 0 Å². The average Bonchev–Trinajstić information content (AvgIpc) is 2.29. The van der Waals surface area contributed by atoms with Crippen molar-refractivity contribution in [3.63, 3.8) is 0 Å². The van der Waals surface area contributed by atoms with Crippen molar-refractivity contribution in [1.82, 2.24) is 0 Å². The maximum atomic E-state index is 12.8. The maximum Gasteiger partial charge on any atom is 1.00 e. The van der Waals surface area contributed by atoms with Crippen LogP contribution in [0.2, 0.25) is 0 Å². The summed E-state index contributed by atoms with van der Waals surface area (Å²) in [7, 11) is 1.01. The summed E-state index contributed by atoms with van der Waals surface area (Å²) in [6.07, 6.45) is 0.726. The number of carbonyl (C=O) groups excluding carboxylic acids is 1. The number of rotatable bonds is 3. The summed E-state index contributed by atoms with van der Waals surface area (Å²) >= 11 is 0. The maximum absolute atomic E-state index is 12.8. The van der Waals surface area contributed by atoms with E-state index in [0.717, 1.165) is 25.3 Å². The molecule has 0 unspecified atom stereocenters. The third-order valence-corrected chi connectivity index (χ3v) is 1.86. The number of methoxy groups -OCH3 is 1. The minimum atomic E-state index is -1.15. The molecule has 1 aromatic rings. The number of ether oxygens (including phenoxy) is 1. The second kappa shape index (κ2) is 7.59. The van der Waals surface area contributed by atoms with Crippen LogP contribution in [0.1, 0.15) is 5.56 Å². The summed E-state index contributed by atoms with van der Waals surface area (Å²) in [5.74, 6) is -3.01. The zero-order valence-electron chi connectivity index (χ0n) is 9.68. The molecule has 0 atom stereocenters. The molecule has 0 saturated heterocycles. The van der Waals surface area contributed by atoms with E-state index < -0.39 is 28.2 Å². The summed E-state index contributed by atoms with van der Waals surface area (Å²) in [4.78, 5) is 20.6. The smallest absolute Gasteiger partial charge is 0.868 e. The summed E-state index contributed by atoms with van der Waals surface area (Å²) < 4.78 is 16.9. The molecule has 0 aliphatic rings. The first-order chi connectivity index (χ1) is 7.95. The fourth-order valence-corrected chi connectivity index (χ4v) is 1.10. The van der Waals surface area contributed by atoms with Gasteiger partial charge in [-0.2, -0.15) is 0 Å². The van der Waals surface area contributed by atoms with Gasteiger partial charge in [0.25, 0.3) is 5.69 Å². The number of esters is 1. The third kappa shape index (κ3) is 4.46. The molecule has 1 aromatic carbocycles. The van der Waals surface area contributed by atoms with Gasteiger partial charge in [0.1, 0.15) is 5.82 Å². The Morgan fingerprint density at radius 3 is 2.61 bits per heavy atom. The van der Waals surface area contributed by atoms with Gasteiger partial charge in [-0.25, -0.2) is 9.18 Å². The molecule has 6 nitrogen and oxygen atoms in total. The molecule has 18 heavy (non-hydrogen) atoms. The number of hydrogen-bond acceptors (Lipinski definition) is 5. The van der Waals surface area contributed by atoms with Crippen LogP contribution in [0.3, 0.4) is 0 Å². The monoisotopic (exact) mass is 279 g/mol. The van der Waals surface area contributed by atoms with Crippen LogP contribution in [0, 0.1) is 15.9 Å². The molecule has 90 valence electrons. The van der Waals surface area contributed by atoms with Crippen molar-refractivity contribution in [2.75, 3.05) is 7.11 Å². The number of benzene rings is 1. The largest absolute Gasteiger partial charge is 1.00 e. The van der Waals surface area contributed by atoms with E-state index in [1.807, 2.05) is 0 Å². The molecule has 0 heterocycles. The Labute approximate surface area is 144 Å². The average molecular weight is 279 g/mol. The number of nitrogens with zero attached hydrogens (tertiary/aromatic N) is 1. The Morgan fingerprint density at radius 2 is 2.11 bits per heavy atom. The number of carbonyl (C=O) groups is 1. The van der Waals surface area contributed by atoms with E-state index in [9.17, 15) is 24.4 Å². The molecule has 0 aliphatic heterocycles. The van der Waals surface area contributed by atoms with Crippen LogP contribution >= 0.6 is 0 Å². The first-order valence-corrected chi connectivity index (χ1v) is 4.36. The van der Waals surface area contributed by atoms with Crippen LogP contribution in [0.15, 0.2) is 24.0 Å². The zero-order chi connectivity index (χ0) is 13.0. The van der Waals surface area contributed by atoms with E-state index in [-0.39, 0.29) is 56.9 Å². The Bertz CT molecular complexity index is 503. The topological polar surface area (TPSA) is 92.5 Å². The van der Waals surface area contributed by atoms with Gasteiger partial charge >= 0.3 is 57.4 Å². The van der Waals surface area contributed by atoms with Gasteiger partial charge in [0.2, 0.25) is 0 Å². The normalized spacial score (nSPS) is 10.4. The Kier molecular flexibility index (Phi) is 7.25. The Balaban J connectivity index is 0.00000289. The molecule has 0 amide bonds. The number of halogens is 1. The number of hydrogen-bond donors (Lipinski definition) is 0. The third-order valence-electron chi connectivity index (χ3n) is 1.86. The van der Waals surface area contributed by atoms with Crippen LogP contribution in [0.4, 0.5) is 10.1 Å². The summed E-state index contributed by atoms with van der Waals surface area (Å²) in [5.41, 5.74) is -0.756. The molecule has 1 rings (SSSR count).